The number of ether oxygens (including phenoxy) is 1. The number of sulfonamides is 1. The molecule has 2 rings (SSSR count). The van der Waals surface area contributed by atoms with Crippen LogP contribution in [-0.2, 0) is 19.6 Å². The second kappa shape index (κ2) is 9.52. The lowest BCUT2D eigenvalue weighted by Crippen LogP contribution is -2.38. The fraction of sp³-hybridized carbons (Fsp3) is 0.556. The number of nitrogens with zero attached hydrogens (tertiary/aromatic N) is 2. The number of hydrogen-bond donors (Lipinski definition) is 0. The summed E-state index contributed by atoms with van der Waals surface area (Å²) in [6, 6.07) is 3.93. The van der Waals surface area contributed by atoms with Gasteiger partial charge in [0.25, 0.3) is 5.91 Å². The van der Waals surface area contributed by atoms with Crippen molar-refractivity contribution in [1.82, 2.24) is 9.21 Å². The Morgan fingerprint density at radius 3 is 2.37 bits per heavy atom. The predicted octanol–water partition coefficient (Wildman–Crippen LogP) is 2.54. The van der Waals surface area contributed by atoms with Crippen LogP contribution in [0, 0.1) is 0 Å². The highest BCUT2D eigenvalue weighted by molar-refractivity contribution is 7.89. The van der Waals surface area contributed by atoms with E-state index in [9.17, 15) is 18.0 Å². The Labute approximate surface area is 165 Å². The van der Waals surface area contributed by atoms with Gasteiger partial charge in [-0.3, -0.25) is 4.79 Å². The number of benzene rings is 1. The van der Waals surface area contributed by atoms with Crippen molar-refractivity contribution in [3.05, 3.63) is 28.8 Å². The average molecular weight is 417 g/mol. The number of esters is 1. The van der Waals surface area contributed by atoms with E-state index in [4.69, 9.17) is 16.3 Å². The van der Waals surface area contributed by atoms with Gasteiger partial charge in [0.05, 0.1) is 10.6 Å². The SMILES string of the molecule is CCN(CC)S(=O)(=O)c1cc(C(=O)OCC(=O)N2CCCCC2)ccc1Cl. The second-order valence-electron chi connectivity index (χ2n) is 6.25. The van der Waals surface area contributed by atoms with Crippen LogP contribution in [0.2, 0.25) is 5.02 Å². The molecule has 1 aromatic rings. The molecule has 0 spiro atoms. The molecular formula is C18H25ClN2O5S. The van der Waals surface area contributed by atoms with Crippen LogP contribution in [0.15, 0.2) is 23.1 Å². The number of carbonyl (C=O) groups excluding carboxylic acids is 2. The summed E-state index contributed by atoms with van der Waals surface area (Å²) in [6.45, 7) is 4.99. The Balaban J connectivity index is 2.12. The minimum absolute atomic E-state index is 0.0304. The first-order valence-electron chi connectivity index (χ1n) is 9.05. The molecule has 0 unspecified atom stereocenters. The van der Waals surface area contributed by atoms with Crippen molar-refractivity contribution in [2.24, 2.45) is 0 Å². The molecule has 27 heavy (non-hydrogen) atoms. The van der Waals surface area contributed by atoms with Gasteiger partial charge in [0.1, 0.15) is 4.90 Å². The Hall–Kier alpha value is -1.64. The molecular weight excluding hydrogens is 392 g/mol. The molecule has 0 atom stereocenters. The molecule has 1 amide bonds. The molecule has 9 heteroatoms. The van der Waals surface area contributed by atoms with Crippen molar-refractivity contribution >= 4 is 33.5 Å². The summed E-state index contributed by atoms with van der Waals surface area (Å²) in [6.07, 6.45) is 2.99. The predicted molar refractivity (Wildman–Crippen MR) is 102 cm³/mol. The van der Waals surface area contributed by atoms with E-state index in [1.165, 1.54) is 22.5 Å². The topological polar surface area (TPSA) is 84.0 Å². The summed E-state index contributed by atoms with van der Waals surface area (Å²) in [7, 11) is -3.82. The smallest absolute Gasteiger partial charge is 0.338 e. The molecule has 1 fully saturated rings. The van der Waals surface area contributed by atoms with Crippen LogP contribution in [-0.4, -0.2) is 62.3 Å². The molecule has 1 aliphatic rings. The van der Waals surface area contributed by atoms with E-state index >= 15 is 0 Å². The van der Waals surface area contributed by atoms with Gasteiger partial charge in [-0.1, -0.05) is 25.4 Å². The number of likely N-dealkylation sites (tertiary alicyclic amines) is 1. The quantitative estimate of drug-likeness (QED) is 0.638. The van der Waals surface area contributed by atoms with Gasteiger partial charge in [-0.25, -0.2) is 13.2 Å². The van der Waals surface area contributed by atoms with E-state index in [0.29, 0.717) is 13.1 Å². The van der Waals surface area contributed by atoms with Gasteiger partial charge in [-0.15, -0.1) is 0 Å². The molecule has 1 aliphatic heterocycles. The van der Waals surface area contributed by atoms with Crippen LogP contribution in [0.5, 0.6) is 0 Å². The number of halogens is 1. The van der Waals surface area contributed by atoms with E-state index in [1.807, 2.05) is 0 Å². The molecule has 1 aromatic carbocycles. The molecule has 0 radical (unpaired) electrons. The summed E-state index contributed by atoms with van der Waals surface area (Å²) in [5.41, 5.74) is 0.0385. The van der Waals surface area contributed by atoms with E-state index in [0.717, 1.165) is 19.3 Å². The van der Waals surface area contributed by atoms with Crippen LogP contribution in [0.3, 0.4) is 0 Å². The summed E-state index contributed by atoms with van der Waals surface area (Å²) in [5, 5.41) is 0.0304. The molecule has 150 valence electrons. The Morgan fingerprint density at radius 1 is 1.15 bits per heavy atom. The Bertz CT molecular complexity index is 787. The monoisotopic (exact) mass is 416 g/mol. The number of amides is 1. The van der Waals surface area contributed by atoms with Gasteiger partial charge in [0.2, 0.25) is 10.0 Å². The number of hydrogen-bond acceptors (Lipinski definition) is 5. The summed E-state index contributed by atoms with van der Waals surface area (Å²) in [5.74, 6) is -0.999. The standard InChI is InChI=1S/C18H25ClN2O5S/c1-3-21(4-2)27(24,25)16-12-14(8-9-15(16)19)18(23)26-13-17(22)20-10-6-5-7-11-20/h8-9,12H,3-7,10-11,13H2,1-2H3. The van der Waals surface area contributed by atoms with Crippen LogP contribution >= 0.6 is 11.6 Å². The lowest BCUT2D eigenvalue weighted by atomic mass is 10.1. The van der Waals surface area contributed by atoms with Gasteiger partial charge in [-0.05, 0) is 37.5 Å². The number of piperidine rings is 1. The summed E-state index contributed by atoms with van der Waals surface area (Å²) >= 11 is 6.05. The van der Waals surface area contributed by atoms with E-state index in [2.05, 4.69) is 0 Å². The molecule has 0 bridgehead atoms. The van der Waals surface area contributed by atoms with Crippen LogP contribution in [0.25, 0.3) is 0 Å². The zero-order chi connectivity index (χ0) is 20.0. The molecule has 0 N–H and O–H groups in total. The van der Waals surface area contributed by atoms with Crippen LogP contribution < -0.4 is 0 Å². The fourth-order valence-corrected chi connectivity index (χ4v) is 4.93. The lowest BCUT2D eigenvalue weighted by molar-refractivity contribution is -0.135. The molecule has 7 nitrogen and oxygen atoms in total. The number of carbonyl (C=O) groups is 2. The van der Waals surface area contributed by atoms with Crippen molar-refractivity contribution in [1.29, 1.82) is 0 Å². The third kappa shape index (κ3) is 5.21. The fourth-order valence-electron chi connectivity index (χ4n) is 2.98. The van der Waals surface area contributed by atoms with E-state index in [1.54, 1.807) is 18.7 Å². The van der Waals surface area contributed by atoms with E-state index < -0.39 is 16.0 Å². The minimum Gasteiger partial charge on any atom is -0.452 e. The first-order valence-corrected chi connectivity index (χ1v) is 10.9. The largest absolute Gasteiger partial charge is 0.452 e. The molecule has 0 saturated carbocycles. The van der Waals surface area contributed by atoms with Crippen LogP contribution in [0.4, 0.5) is 0 Å². The van der Waals surface area contributed by atoms with Crippen molar-refractivity contribution in [3.8, 4) is 0 Å². The maximum atomic E-state index is 12.7. The molecule has 0 aliphatic carbocycles. The minimum atomic E-state index is -3.82. The normalized spacial score (nSPS) is 15.0. The summed E-state index contributed by atoms with van der Waals surface area (Å²) in [4.78, 5) is 25.9. The maximum Gasteiger partial charge on any atom is 0.338 e. The zero-order valence-electron chi connectivity index (χ0n) is 15.6. The van der Waals surface area contributed by atoms with Crippen molar-refractivity contribution in [2.45, 2.75) is 38.0 Å². The highest BCUT2D eigenvalue weighted by Crippen LogP contribution is 2.26. The van der Waals surface area contributed by atoms with Crippen molar-refractivity contribution in [2.75, 3.05) is 32.8 Å². The van der Waals surface area contributed by atoms with Crippen molar-refractivity contribution in [3.63, 3.8) is 0 Å². The van der Waals surface area contributed by atoms with Gasteiger partial charge in [0, 0.05) is 26.2 Å². The van der Waals surface area contributed by atoms with Crippen molar-refractivity contribution < 1.29 is 22.7 Å². The second-order valence-corrected chi connectivity index (χ2v) is 8.57. The maximum absolute atomic E-state index is 12.7. The first kappa shape index (κ1) is 21.7. The highest BCUT2D eigenvalue weighted by Gasteiger charge is 2.26. The van der Waals surface area contributed by atoms with Gasteiger partial charge >= 0.3 is 5.97 Å². The Kier molecular flexibility index (Phi) is 7.64. The third-order valence-electron chi connectivity index (χ3n) is 4.53. The van der Waals surface area contributed by atoms with Crippen LogP contribution in [0.1, 0.15) is 43.5 Å². The average Bonchev–Trinajstić information content (AvgIpc) is 2.67. The highest BCUT2D eigenvalue weighted by atomic mass is 35.5. The zero-order valence-corrected chi connectivity index (χ0v) is 17.2. The van der Waals surface area contributed by atoms with E-state index in [-0.39, 0.29) is 41.1 Å². The summed E-state index contributed by atoms with van der Waals surface area (Å²) < 4.78 is 31.7. The van der Waals surface area contributed by atoms with Gasteiger partial charge in [0.15, 0.2) is 6.61 Å². The lowest BCUT2D eigenvalue weighted by Gasteiger charge is -2.26. The van der Waals surface area contributed by atoms with Gasteiger partial charge in [-0.2, -0.15) is 4.31 Å². The molecule has 1 heterocycles. The third-order valence-corrected chi connectivity index (χ3v) is 7.06. The Morgan fingerprint density at radius 2 is 1.78 bits per heavy atom. The van der Waals surface area contributed by atoms with Gasteiger partial charge < -0.3 is 9.64 Å². The first-order chi connectivity index (χ1) is 12.8. The number of rotatable bonds is 7. The molecule has 1 saturated heterocycles. The molecule has 0 aromatic heterocycles.